The molecule has 0 aromatic carbocycles. The van der Waals surface area contributed by atoms with Crippen molar-refractivity contribution >= 4 is 17.7 Å². The monoisotopic (exact) mass is 275 g/mol. The third-order valence-electron chi connectivity index (χ3n) is 3.50. The summed E-state index contributed by atoms with van der Waals surface area (Å²) < 4.78 is 4.82. The molecule has 0 bridgehead atoms. The number of nitrogens with one attached hydrogen (secondary N) is 1. The van der Waals surface area contributed by atoms with Gasteiger partial charge in [0, 0.05) is 0 Å². The molecule has 0 aliphatic rings. The van der Waals surface area contributed by atoms with E-state index in [1.54, 1.807) is 0 Å². The van der Waals surface area contributed by atoms with Crippen LogP contribution in [0.1, 0.15) is 46.5 Å². The summed E-state index contributed by atoms with van der Waals surface area (Å²) in [7, 11) is 3.26. The second-order valence-corrected chi connectivity index (χ2v) is 6.27. The zero-order valence-corrected chi connectivity index (χ0v) is 13.4. The van der Waals surface area contributed by atoms with E-state index < -0.39 is 5.54 Å². The normalized spacial score (nSPS) is 16.1. The maximum absolute atomic E-state index is 11.6. The average molecular weight is 275 g/mol. The Balaban J connectivity index is 3.72. The molecule has 18 heavy (non-hydrogen) atoms. The van der Waals surface area contributed by atoms with Gasteiger partial charge in [0.1, 0.15) is 5.54 Å². The minimum atomic E-state index is -0.532. The van der Waals surface area contributed by atoms with Crippen LogP contribution >= 0.6 is 11.8 Å². The molecule has 0 aromatic rings. The van der Waals surface area contributed by atoms with Gasteiger partial charge < -0.3 is 10.1 Å². The molecule has 0 heterocycles. The summed E-state index contributed by atoms with van der Waals surface area (Å²) in [4.78, 5) is 11.6. The molecular formula is C14H29NO2S. The Morgan fingerprint density at radius 2 is 2.11 bits per heavy atom. The van der Waals surface area contributed by atoms with Crippen LogP contribution in [0, 0.1) is 5.92 Å². The van der Waals surface area contributed by atoms with Crippen molar-refractivity contribution in [1.82, 2.24) is 5.32 Å². The number of hydrogen-bond donors (Lipinski definition) is 1. The third kappa shape index (κ3) is 6.64. The van der Waals surface area contributed by atoms with Crippen LogP contribution < -0.4 is 5.32 Å². The Kier molecular flexibility index (Phi) is 9.56. The highest BCUT2D eigenvalue weighted by Gasteiger charge is 2.31. The van der Waals surface area contributed by atoms with Crippen LogP contribution in [-0.2, 0) is 9.53 Å². The van der Waals surface area contributed by atoms with Crippen LogP contribution in [0.3, 0.4) is 0 Å². The summed E-state index contributed by atoms with van der Waals surface area (Å²) in [5.41, 5.74) is -0.532. The van der Waals surface area contributed by atoms with Gasteiger partial charge in [-0.3, -0.25) is 4.79 Å². The molecule has 0 radical (unpaired) electrons. The first-order valence-corrected chi connectivity index (χ1v) is 8.00. The van der Waals surface area contributed by atoms with Crippen molar-refractivity contribution in [2.75, 3.05) is 25.7 Å². The first kappa shape index (κ1) is 17.8. The number of thioether (sulfide) groups is 1. The lowest BCUT2D eigenvalue weighted by Gasteiger charge is -2.25. The minimum absolute atomic E-state index is 0.169. The smallest absolute Gasteiger partial charge is 0.325 e. The molecular weight excluding hydrogens is 246 g/mol. The highest BCUT2D eigenvalue weighted by molar-refractivity contribution is 7.99. The molecule has 0 aliphatic carbocycles. The second-order valence-electron chi connectivity index (χ2n) is 5.12. The number of esters is 1. The molecule has 2 atom stereocenters. The highest BCUT2D eigenvalue weighted by atomic mass is 32.2. The van der Waals surface area contributed by atoms with Gasteiger partial charge in [-0.05, 0) is 44.2 Å². The number of carbonyl (C=O) groups is 1. The van der Waals surface area contributed by atoms with Crippen molar-refractivity contribution < 1.29 is 9.53 Å². The summed E-state index contributed by atoms with van der Waals surface area (Å²) in [5.74, 6) is 3.08. The molecule has 3 nitrogen and oxygen atoms in total. The van der Waals surface area contributed by atoms with Crippen LogP contribution in [0.2, 0.25) is 0 Å². The van der Waals surface area contributed by atoms with Gasteiger partial charge in [-0.2, -0.15) is 11.8 Å². The van der Waals surface area contributed by atoms with Gasteiger partial charge in [-0.15, -0.1) is 0 Å². The Bertz CT molecular complexity index is 236. The molecule has 0 amide bonds. The minimum Gasteiger partial charge on any atom is -0.468 e. The van der Waals surface area contributed by atoms with Gasteiger partial charge in [0.25, 0.3) is 0 Å². The molecule has 0 aromatic heterocycles. The topological polar surface area (TPSA) is 38.3 Å². The van der Waals surface area contributed by atoms with Crippen molar-refractivity contribution in [1.29, 1.82) is 0 Å². The van der Waals surface area contributed by atoms with E-state index in [1.807, 2.05) is 25.7 Å². The second kappa shape index (κ2) is 9.68. The zero-order chi connectivity index (χ0) is 14.0. The van der Waals surface area contributed by atoms with Gasteiger partial charge in [-0.1, -0.05) is 26.7 Å². The van der Waals surface area contributed by atoms with Crippen LogP contribution in [0.5, 0.6) is 0 Å². The summed E-state index contributed by atoms with van der Waals surface area (Å²) >= 11 is 2.02. The molecule has 0 saturated carbocycles. The Labute approximate surface area is 116 Å². The van der Waals surface area contributed by atoms with Crippen molar-refractivity contribution in [2.24, 2.45) is 5.92 Å². The summed E-state index contributed by atoms with van der Waals surface area (Å²) in [6.45, 7) is 6.44. The molecule has 0 rings (SSSR count). The summed E-state index contributed by atoms with van der Waals surface area (Å²) in [6, 6.07) is 0. The number of methoxy groups -OCH3 is 1. The largest absolute Gasteiger partial charge is 0.468 e. The first-order valence-electron chi connectivity index (χ1n) is 6.85. The van der Waals surface area contributed by atoms with Crippen LogP contribution in [0.15, 0.2) is 0 Å². The standard InChI is InChI=1S/C14H29NO2S/c1-6-12(2)11-18-10-8-7-9-14(3,15-4)13(16)17-5/h12,15H,6-11H2,1-5H3. The third-order valence-corrected chi connectivity index (χ3v) is 4.88. The van der Waals surface area contributed by atoms with E-state index >= 15 is 0 Å². The number of hydrogen-bond acceptors (Lipinski definition) is 4. The maximum atomic E-state index is 11.6. The van der Waals surface area contributed by atoms with E-state index in [0.717, 1.165) is 25.2 Å². The van der Waals surface area contributed by atoms with Crippen LogP contribution in [-0.4, -0.2) is 37.2 Å². The van der Waals surface area contributed by atoms with Crippen molar-refractivity contribution in [3.63, 3.8) is 0 Å². The van der Waals surface area contributed by atoms with E-state index in [4.69, 9.17) is 4.74 Å². The lowest BCUT2D eigenvalue weighted by Crippen LogP contribution is -2.48. The highest BCUT2D eigenvalue weighted by Crippen LogP contribution is 2.18. The molecule has 0 fully saturated rings. The van der Waals surface area contributed by atoms with Gasteiger partial charge in [0.2, 0.25) is 0 Å². The van der Waals surface area contributed by atoms with Crippen molar-refractivity contribution in [2.45, 2.75) is 52.0 Å². The predicted octanol–water partition coefficient (Wildman–Crippen LogP) is 3.09. The van der Waals surface area contributed by atoms with Crippen LogP contribution in [0.4, 0.5) is 0 Å². The number of unbranched alkanes of at least 4 members (excludes halogenated alkanes) is 1. The maximum Gasteiger partial charge on any atom is 0.325 e. The Hall–Kier alpha value is -0.220. The van der Waals surface area contributed by atoms with Gasteiger partial charge in [-0.25, -0.2) is 0 Å². The lowest BCUT2D eigenvalue weighted by molar-refractivity contribution is -0.148. The van der Waals surface area contributed by atoms with E-state index in [9.17, 15) is 4.79 Å². The van der Waals surface area contributed by atoms with E-state index in [-0.39, 0.29) is 5.97 Å². The fourth-order valence-electron chi connectivity index (χ4n) is 1.64. The van der Waals surface area contributed by atoms with Gasteiger partial charge in [0.05, 0.1) is 7.11 Å². The SMILES string of the molecule is CCC(C)CSCCCCC(C)(NC)C(=O)OC. The number of rotatable bonds is 10. The molecule has 1 N–H and O–H groups in total. The fourth-order valence-corrected chi connectivity index (χ4v) is 2.85. The molecule has 2 unspecified atom stereocenters. The van der Waals surface area contributed by atoms with Crippen LogP contribution in [0.25, 0.3) is 0 Å². The Morgan fingerprint density at radius 3 is 2.61 bits per heavy atom. The van der Waals surface area contributed by atoms with E-state index in [0.29, 0.717) is 0 Å². The van der Waals surface area contributed by atoms with Gasteiger partial charge >= 0.3 is 5.97 Å². The molecule has 4 heteroatoms. The lowest BCUT2D eigenvalue weighted by atomic mass is 9.95. The quantitative estimate of drug-likeness (QED) is 0.491. The molecule has 108 valence electrons. The zero-order valence-electron chi connectivity index (χ0n) is 12.5. The van der Waals surface area contributed by atoms with E-state index in [1.165, 1.54) is 25.0 Å². The number of likely N-dealkylation sites (N-methyl/N-ethyl adjacent to an activating group) is 1. The van der Waals surface area contributed by atoms with Gasteiger partial charge in [0.15, 0.2) is 0 Å². The molecule has 0 aliphatic heterocycles. The molecule has 0 spiro atoms. The Morgan fingerprint density at radius 1 is 1.44 bits per heavy atom. The summed E-state index contributed by atoms with van der Waals surface area (Å²) in [6.07, 6.45) is 4.31. The number of carbonyl (C=O) groups excluding carboxylic acids is 1. The predicted molar refractivity (Wildman–Crippen MR) is 80.1 cm³/mol. The average Bonchev–Trinajstić information content (AvgIpc) is 2.40. The fraction of sp³-hybridized carbons (Fsp3) is 0.929. The molecule has 0 saturated heterocycles. The van der Waals surface area contributed by atoms with Crippen molar-refractivity contribution in [3.8, 4) is 0 Å². The van der Waals surface area contributed by atoms with E-state index in [2.05, 4.69) is 19.2 Å². The first-order chi connectivity index (χ1) is 8.50. The summed E-state index contributed by atoms with van der Waals surface area (Å²) in [5, 5.41) is 3.07. The van der Waals surface area contributed by atoms with Crippen molar-refractivity contribution in [3.05, 3.63) is 0 Å². The number of ether oxygens (including phenoxy) is 1.